The molecule has 5 nitrogen and oxygen atoms in total. The Bertz CT molecular complexity index is 408. The summed E-state index contributed by atoms with van der Waals surface area (Å²) in [5, 5.41) is 5.65. The highest BCUT2D eigenvalue weighted by Crippen LogP contribution is 2.20. The van der Waals surface area contributed by atoms with Crippen molar-refractivity contribution in [2.24, 2.45) is 5.92 Å². The molecule has 0 unspecified atom stereocenters. The van der Waals surface area contributed by atoms with Crippen LogP contribution in [-0.4, -0.2) is 29.7 Å². The molecule has 21 heavy (non-hydrogen) atoms. The fourth-order valence-electron chi connectivity index (χ4n) is 2.18. The first-order valence-corrected chi connectivity index (χ1v) is 7.52. The summed E-state index contributed by atoms with van der Waals surface area (Å²) in [6.07, 6.45) is 6.36. The monoisotopic (exact) mass is 296 g/mol. The standard InChI is InChI=1S/C16H28N2O3/c1-15(2,3)21-14(20)17-11-16(4,5)18-13(19)10-12-8-6-7-9-12/h6,8,12H,7,9-11H2,1-5H3,(H,17,20)(H,18,19)/t12-/m1/s1. The molecular formula is C16H28N2O3. The van der Waals surface area contributed by atoms with Gasteiger partial charge >= 0.3 is 6.09 Å². The number of carbonyl (C=O) groups is 2. The predicted molar refractivity (Wildman–Crippen MR) is 82.9 cm³/mol. The smallest absolute Gasteiger partial charge is 0.407 e. The largest absolute Gasteiger partial charge is 0.444 e. The molecule has 0 aromatic rings. The van der Waals surface area contributed by atoms with E-state index in [1.807, 2.05) is 34.6 Å². The summed E-state index contributed by atoms with van der Waals surface area (Å²) in [7, 11) is 0. The number of hydrogen-bond donors (Lipinski definition) is 2. The molecule has 0 aliphatic heterocycles. The first kappa shape index (κ1) is 17.5. The van der Waals surface area contributed by atoms with Crippen LogP contribution in [0.3, 0.4) is 0 Å². The number of hydrogen-bond acceptors (Lipinski definition) is 3. The van der Waals surface area contributed by atoms with Crippen LogP contribution in [0, 0.1) is 5.92 Å². The number of ether oxygens (including phenoxy) is 1. The lowest BCUT2D eigenvalue weighted by Gasteiger charge is -2.28. The number of allylic oxidation sites excluding steroid dienone is 2. The first-order valence-electron chi connectivity index (χ1n) is 7.52. The SMILES string of the molecule is CC(C)(CNC(=O)OC(C)(C)C)NC(=O)C[C@@H]1C=CCC1. The second-order valence-electron chi connectivity index (χ2n) is 7.26. The maximum Gasteiger partial charge on any atom is 0.407 e. The van der Waals surface area contributed by atoms with Gasteiger partial charge in [-0.2, -0.15) is 0 Å². The Balaban J connectivity index is 2.33. The van der Waals surface area contributed by atoms with E-state index in [1.54, 1.807) is 0 Å². The van der Waals surface area contributed by atoms with Gasteiger partial charge in [-0.3, -0.25) is 4.79 Å². The highest BCUT2D eigenvalue weighted by Gasteiger charge is 2.24. The Morgan fingerprint density at radius 3 is 2.43 bits per heavy atom. The van der Waals surface area contributed by atoms with E-state index in [2.05, 4.69) is 22.8 Å². The summed E-state index contributed by atoms with van der Waals surface area (Å²) < 4.78 is 5.17. The van der Waals surface area contributed by atoms with Crippen LogP contribution < -0.4 is 10.6 Å². The van der Waals surface area contributed by atoms with E-state index in [-0.39, 0.29) is 5.91 Å². The Hall–Kier alpha value is -1.52. The lowest BCUT2D eigenvalue weighted by Crippen LogP contribution is -2.52. The summed E-state index contributed by atoms with van der Waals surface area (Å²) in [5.41, 5.74) is -1.03. The maximum absolute atomic E-state index is 12.0. The lowest BCUT2D eigenvalue weighted by molar-refractivity contribution is -0.123. The summed E-state index contributed by atoms with van der Waals surface area (Å²) in [6, 6.07) is 0. The molecule has 0 saturated carbocycles. The van der Waals surface area contributed by atoms with Crippen molar-refractivity contribution >= 4 is 12.0 Å². The van der Waals surface area contributed by atoms with Gasteiger partial charge < -0.3 is 15.4 Å². The summed E-state index contributed by atoms with van der Waals surface area (Å²) in [6.45, 7) is 9.53. The van der Waals surface area contributed by atoms with Crippen LogP contribution in [0.4, 0.5) is 4.79 Å². The van der Waals surface area contributed by atoms with E-state index in [0.29, 0.717) is 18.9 Å². The third-order valence-electron chi connectivity index (χ3n) is 3.11. The van der Waals surface area contributed by atoms with Crippen molar-refractivity contribution in [1.29, 1.82) is 0 Å². The summed E-state index contributed by atoms with van der Waals surface area (Å²) in [5.74, 6) is 0.363. The molecule has 1 atom stereocenters. The highest BCUT2D eigenvalue weighted by molar-refractivity contribution is 5.77. The molecule has 1 rings (SSSR count). The minimum absolute atomic E-state index is 0.0162. The molecule has 0 heterocycles. The van der Waals surface area contributed by atoms with Crippen molar-refractivity contribution in [2.75, 3.05) is 6.54 Å². The molecule has 0 spiro atoms. The third kappa shape index (κ3) is 7.73. The van der Waals surface area contributed by atoms with Crippen LogP contribution in [0.2, 0.25) is 0 Å². The molecule has 0 fully saturated rings. The van der Waals surface area contributed by atoms with Crippen LogP contribution in [0.15, 0.2) is 12.2 Å². The second kappa shape index (κ2) is 6.96. The van der Waals surface area contributed by atoms with Crippen molar-refractivity contribution in [3.8, 4) is 0 Å². The molecule has 5 heteroatoms. The summed E-state index contributed by atoms with van der Waals surface area (Å²) in [4.78, 5) is 23.6. The van der Waals surface area contributed by atoms with Crippen LogP contribution in [0.1, 0.15) is 53.9 Å². The van der Waals surface area contributed by atoms with Gasteiger partial charge in [0.1, 0.15) is 5.60 Å². The second-order valence-corrected chi connectivity index (χ2v) is 7.26. The number of rotatable bonds is 5. The van der Waals surface area contributed by atoms with Crippen molar-refractivity contribution in [1.82, 2.24) is 10.6 Å². The molecule has 1 aliphatic rings. The maximum atomic E-state index is 12.0. The van der Waals surface area contributed by atoms with E-state index in [9.17, 15) is 9.59 Å². The van der Waals surface area contributed by atoms with Crippen LogP contribution in [0.5, 0.6) is 0 Å². The van der Waals surface area contributed by atoms with Gasteiger partial charge in [0.05, 0.1) is 5.54 Å². The molecule has 0 radical (unpaired) electrons. The minimum Gasteiger partial charge on any atom is -0.444 e. The van der Waals surface area contributed by atoms with Crippen molar-refractivity contribution in [2.45, 2.75) is 65.0 Å². The Kier molecular flexibility index (Phi) is 5.81. The fourth-order valence-corrected chi connectivity index (χ4v) is 2.18. The van der Waals surface area contributed by atoms with Gasteiger partial charge in [-0.05, 0) is 53.4 Å². The molecule has 120 valence electrons. The van der Waals surface area contributed by atoms with Crippen molar-refractivity contribution in [3.05, 3.63) is 12.2 Å². The molecule has 0 saturated heterocycles. The first-order chi connectivity index (χ1) is 9.57. The summed E-state index contributed by atoms with van der Waals surface area (Å²) >= 11 is 0. The predicted octanol–water partition coefficient (Wildman–Crippen LogP) is 2.76. The fraction of sp³-hybridized carbons (Fsp3) is 0.750. The van der Waals surface area contributed by atoms with Gasteiger partial charge in [0.15, 0.2) is 0 Å². The zero-order chi connectivity index (χ0) is 16.1. The van der Waals surface area contributed by atoms with E-state index in [4.69, 9.17) is 4.74 Å². The molecular weight excluding hydrogens is 268 g/mol. The molecule has 0 bridgehead atoms. The van der Waals surface area contributed by atoms with E-state index < -0.39 is 17.2 Å². The Morgan fingerprint density at radius 1 is 1.24 bits per heavy atom. The van der Waals surface area contributed by atoms with Gasteiger partial charge in [0.25, 0.3) is 0 Å². The zero-order valence-electron chi connectivity index (χ0n) is 13.8. The van der Waals surface area contributed by atoms with E-state index in [1.165, 1.54) is 0 Å². The molecule has 2 amide bonds. The third-order valence-corrected chi connectivity index (χ3v) is 3.11. The highest BCUT2D eigenvalue weighted by atomic mass is 16.6. The van der Waals surface area contributed by atoms with E-state index in [0.717, 1.165) is 12.8 Å². The molecule has 0 aromatic carbocycles. The zero-order valence-corrected chi connectivity index (χ0v) is 13.8. The Labute approximate surface area is 127 Å². The molecule has 1 aliphatic carbocycles. The van der Waals surface area contributed by atoms with Gasteiger partial charge in [0.2, 0.25) is 5.91 Å². The van der Waals surface area contributed by atoms with Gasteiger partial charge in [0, 0.05) is 13.0 Å². The average molecular weight is 296 g/mol. The van der Waals surface area contributed by atoms with Gasteiger partial charge in [-0.15, -0.1) is 0 Å². The van der Waals surface area contributed by atoms with Crippen molar-refractivity contribution < 1.29 is 14.3 Å². The van der Waals surface area contributed by atoms with Crippen LogP contribution in [-0.2, 0) is 9.53 Å². The Morgan fingerprint density at radius 2 is 1.90 bits per heavy atom. The number of nitrogens with one attached hydrogen (secondary N) is 2. The normalized spacial score (nSPS) is 18.4. The van der Waals surface area contributed by atoms with E-state index >= 15 is 0 Å². The number of carbonyl (C=O) groups excluding carboxylic acids is 2. The van der Waals surface area contributed by atoms with Gasteiger partial charge in [-0.1, -0.05) is 12.2 Å². The quantitative estimate of drug-likeness (QED) is 0.767. The van der Waals surface area contributed by atoms with Crippen LogP contribution in [0.25, 0.3) is 0 Å². The average Bonchev–Trinajstić information content (AvgIpc) is 2.76. The minimum atomic E-state index is -0.522. The molecule has 0 aromatic heterocycles. The number of alkyl carbamates (subject to hydrolysis) is 1. The number of amides is 2. The molecule has 2 N–H and O–H groups in total. The lowest BCUT2D eigenvalue weighted by atomic mass is 10.0. The van der Waals surface area contributed by atoms with Crippen molar-refractivity contribution in [3.63, 3.8) is 0 Å². The van der Waals surface area contributed by atoms with Crippen LogP contribution >= 0.6 is 0 Å². The topological polar surface area (TPSA) is 67.4 Å². The van der Waals surface area contributed by atoms with Gasteiger partial charge in [-0.25, -0.2) is 4.79 Å².